The van der Waals surface area contributed by atoms with Gasteiger partial charge in [0.05, 0.1) is 49.3 Å². The second kappa shape index (κ2) is 30.5. The minimum absolute atomic E-state index is 0.0517. The van der Waals surface area contributed by atoms with Gasteiger partial charge < -0.3 is 39.7 Å². The van der Waals surface area contributed by atoms with E-state index in [9.17, 15) is 43.2 Å². The third-order valence-corrected chi connectivity index (χ3v) is 17.2. The van der Waals surface area contributed by atoms with Crippen LogP contribution in [-0.4, -0.2) is 218 Å². The monoisotopic (exact) mass is 1130 g/mol. The Labute approximate surface area is 481 Å². The van der Waals surface area contributed by atoms with Crippen molar-refractivity contribution in [2.45, 2.75) is 167 Å². The SMILES string of the molecule is CCC(C)C(C(CC(=O)N1CCCC1C(OC)C(C)C(=O)NC1(C(=O)N2CCCCO2)CC1c1ccccc1)OC)N(C)C(=O)C(NC(=O)C(C(C)C)N(C)CCCC(=O)N(C)CCN(C)C(=O)CCCN1C(=O)C=CC1=O)C(C)C. The van der Waals surface area contributed by atoms with E-state index in [-0.39, 0.29) is 103 Å². The number of amides is 9. The zero-order valence-corrected chi connectivity index (χ0v) is 50.6. The molecule has 9 amide bonds. The molecule has 21 nitrogen and oxygen atoms in total. The van der Waals surface area contributed by atoms with Crippen LogP contribution in [0.5, 0.6) is 0 Å². The summed E-state index contributed by atoms with van der Waals surface area (Å²) < 4.78 is 12.2. The van der Waals surface area contributed by atoms with Crippen LogP contribution in [0.1, 0.15) is 131 Å². The molecular formula is C60H95N9O12. The Morgan fingerprint density at radius 3 is 1.96 bits per heavy atom. The summed E-state index contributed by atoms with van der Waals surface area (Å²) in [4.78, 5) is 137. The first kappa shape index (κ1) is 66.0. The lowest BCUT2D eigenvalue weighted by Gasteiger charge is -2.41. The highest BCUT2D eigenvalue weighted by molar-refractivity contribution is 6.12. The van der Waals surface area contributed by atoms with Gasteiger partial charge in [0.1, 0.15) is 11.6 Å². The standard InChI is InChI=1S/C60H95N9O12/c1-14-41(6)54(46(79-12)37-51(74)67-31-20-25-45(67)55(80-13)42(7)56(75)62-60(59(78)69-33-18-19-36-81-69)38-44(60)43-23-16-15-17-24-43)66(11)58(77)52(39(2)3)61-57(76)53(40(4)5)65(10)30-21-26-47(70)63(8)34-35-64(9)48(71)27-22-32-68-49(72)28-29-50(68)73/h15-17,23-24,28-29,39-42,44-46,52-55H,14,18-22,25-27,30-38H2,1-13H3,(H,61,76)(H,62,75). The minimum atomic E-state index is -1.17. The number of hydroxylamine groups is 2. The Morgan fingerprint density at radius 2 is 1.41 bits per heavy atom. The topological polar surface area (TPSA) is 228 Å². The minimum Gasteiger partial charge on any atom is -0.379 e. The quantitative estimate of drug-likeness (QED) is 0.100. The molecule has 0 radical (unpaired) electrons. The number of carbonyl (C=O) groups excluding carboxylic acids is 9. The molecule has 3 heterocycles. The normalized spacial score (nSPS) is 21.6. The van der Waals surface area contributed by atoms with E-state index in [1.807, 2.05) is 83.8 Å². The molecule has 5 rings (SSSR count). The van der Waals surface area contributed by atoms with Crippen LogP contribution in [0.4, 0.5) is 0 Å². The summed E-state index contributed by atoms with van der Waals surface area (Å²) in [5.74, 6) is -4.02. The zero-order chi connectivity index (χ0) is 59.9. The molecule has 2 N–H and O–H groups in total. The molecule has 452 valence electrons. The molecule has 81 heavy (non-hydrogen) atoms. The number of methoxy groups -OCH3 is 2. The number of rotatable bonds is 31. The maximum atomic E-state index is 14.8. The molecule has 10 atom stereocenters. The van der Waals surface area contributed by atoms with Crippen molar-refractivity contribution < 1.29 is 57.5 Å². The lowest BCUT2D eigenvalue weighted by Crippen LogP contribution is -2.60. The molecule has 0 bridgehead atoms. The summed E-state index contributed by atoms with van der Waals surface area (Å²) in [6.45, 7) is 16.0. The van der Waals surface area contributed by atoms with E-state index in [0.29, 0.717) is 77.9 Å². The van der Waals surface area contributed by atoms with Gasteiger partial charge in [-0.2, -0.15) is 0 Å². The van der Waals surface area contributed by atoms with Gasteiger partial charge in [-0.25, -0.2) is 5.06 Å². The third kappa shape index (κ3) is 16.7. The highest BCUT2D eigenvalue weighted by atomic mass is 16.7. The largest absolute Gasteiger partial charge is 0.379 e. The van der Waals surface area contributed by atoms with Gasteiger partial charge in [0.15, 0.2) is 0 Å². The molecule has 1 saturated carbocycles. The highest BCUT2D eigenvalue weighted by Crippen LogP contribution is 2.53. The van der Waals surface area contributed by atoms with E-state index >= 15 is 0 Å². The van der Waals surface area contributed by atoms with Crippen LogP contribution >= 0.6 is 0 Å². The Hall–Kier alpha value is -5.77. The zero-order valence-electron chi connectivity index (χ0n) is 50.6. The van der Waals surface area contributed by atoms with Gasteiger partial charge in [-0.05, 0) is 81.9 Å². The second-order valence-electron chi connectivity index (χ2n) is 23.6. The van der Waals surface area contributed by atoms with Gasteiger partial charge in [-0.15, -0.1) is 0 Å². The van der Waals surface area contributed by atoms with Gasteiger partial charge in [-0.3, -0.25) is 57.8 Å². The maximum Gasteiger partial charge on any atom is 0.272 e. The van der Waals surface area contributed by atoms with Crippen molar-refractivity contribution in [1.29, 1.82) is 0 Å². The first-order valence-corrected chi connectivity index (χ1v) is 29.4. The molecular weight excluding hydrogens is 1040 g/mol. The fourth-order valence-corrected chi connectivity index (χ4v) is 12.0. The van der Waals surface area contributed by atoms with E-state index in [0.717, 1.165) is 23.3 Å². The van der Waals surface area contributed by atoms with E-state index in [2.05, 4.69) is 10.6 Å². The molecule has 1 aromatic carbocycles. The molecule has 1 aliphatic carbocycles. The lowest BCUT2D eigenvalue weighted by molar-refractivity contribution is -0.200. The molecule has 0 aromatic heterocycles. The summed E-state index contributed by atoms with van der Waals surface area (Å²) in [6, 6.07) is 7.15. The molecule has 4 aliphatic rings. The van der Waals surface area contributed by atoms with Crippen LogP contribution in [0.2, 0.25) is 0 Å². The number of nitrogens with one attached hydrogen (secondary N) is 2. The fourth-order valence-electron chi connectivity index (χ4n) is 12.0. The van der Waals surface area contributed by atoms with Crippen LogP contribution < -0.4 is 10.6 Å². The smallest absolute Gasteiger partial charge is 0.272 e. The number of likely N-dealkylation sites (N-methyl/N-ethyl adjacent to an activating group) is 4. The maximum absolute atomic E-state index is 14.8. The third-order valence-electron chi connectivity index (χ3n) is 17.2. The van der Waals surface area contributed by atoms with Crippen molar-refractivity contribution in [1.82, 2.24) is 45.1 Å². The van der Waals surface area contributed by atoms with Gasteiger partial charge >= 0.3 is 0 Å². The summed E-state index contributed by atoms with van der Waals surface area (Å²) in [5, 5.41) is 7.65. The highest BCUT2D eigenvalue weighted by Gasteiger charge is 2.64. The number of benzene rings is 1. The van der Waals surface area contributed by atoms with Crippen molar-refractivity contribution in [3.05, 3.63) is 48.0 Å². The number of hydrogen-bond donors (Lipinski definition) is 2. The van der Waals surface area contributed by atoms with E-state index in [1.165, 1.54) is 29.2 Å². The van der Waals surface area contributed by atoms with E-state index in [4.69, 9.17) is 14.3 Å². The number of imide groups is 1. The molecule has 3 aliphatic heterocycles. The number of nitrogens with zero attached hydrogens (tertiary/aromatic N) is 7. The average Bonchev–Trinajstić information content (AvgIpc) is 4.07. The van der Waals surface area contributed by atoms with Crippen molar-refractivity contribution in [3.63, 3.8) is 0 Å². The van der Waals surface area contributed by atoms with Crippen LogP contribution in [0.25, 0.3) is 0 Å². The lowest BCUT2D eigenvalue weighted by atomic mass is 9.89. The number of likely N-dealkylation sites (tertiary alicyclic amines) is 1. The molecule has 2 saturated heterocycles. The van der Waals surface area contributed by atoms with Gasteiger partial charge in [0.2, 0.25) is 35.4 Å². The van der Waals surface area contributed by atoms with Crippen molar-refractivity contribution in [2.75, 3.05) is 88.3 Å². The Kier molecular flexibility index (Phi) is 24.9. The molecule has 3 fully saturated rings. The Bertz CT molecular complexity index is 2350. The Morgan fingerprint density at radius 1 is 0.778 bits per heavy atom. The predicted octanol–water partition coefficient (Wildman–Crippen LogP) is 4.00. The first-order valence-electron chi connectivity index (χ1n) is 29.4. The van der Waals surface area contributed by atoms with Crippen molar-refractivity contribution in [3.8, 4) is 0 Å². The van der Waals surface area contributed by atoms with Crippen LogP contribution in [0, 0.1) is 23.7 Å². The molecule has 21 heteroatoms. The number of ether oxygens (including phenoxy) is 2. The van der Waals surface area contributed by atoms with E-state index in [1.54, 1.807) is 49.9 Å². The number of hydrogen-bond acceptors (Lipinski definition) is 13. The van der Waals surface area contributed by atoms with Gasteiger partial charge in [0.25, 0.3) is 17.7 Å². The second-order valence-corrected chi connectivity index (χ2v) is 23.6. The molecule has 10 unspecified atom stereocenters. The molecule has 1 aromatic rings. The van der Waals surface area contributed by atoms with Crippen molar-refractivity contribution in [2.24, 2.45) is 23.7 Å². The van der Waals surface area contributed by atoms with Crippen molar-refractivity contribution >= 4 is 53.2 Å². The van der Waals surface area contributed by atoms with Crippen LogP contribution in [0.15, 0.2) is 42.5 Å². The summed E-state index contributed by atoms with van der Waals surface area (Å²) in [5.41, 5.74) is -0.216. The summed E-state index contributed by atoms with van der Waals surface area (Å²) in [6.07, 6.45) is 6.19. The van der Waals surface area contributed by atoms with Gasteiger partial charge in [-0.1, -0.05) is 85.2 Å². The van der Waals surface area contributed by atoms with Crippen LogP contribution in [-0.2, 0) is 57.5 Å². The summed E-state index contributed by atoms with van der Waals surface area (Å²) in [7, 11) is 9.95. The molecule has 0 spiro atoms. The van der Waals surface area contributed by atoms with Crippen LogP contribution in [0.3, 0.4) is 0 Å². The van der Waals surface area contributed by atoms with E-state index < -0.39 is 47.8 Å². The number of carbonyl (C=O) groups is 9. The average molecular weight is 1130 g/mol. The van der Waals surface area contributed by atoms with Gasteiger partial charge in [0, 0.05) is 99.0 Å². The summed E-state index contributed by atoms with van der Waals surface area (Å²) >= 11 is 0. The Balaban J connectivity index is 1.17. The predicted molar refractivity (Wildman–Crippen MR) is 305 cm³/mol. The fraction of sp³-hybridized carbons (Fsp3) is 0.717. The first-order chi connectivity index (χ1) is 38.4.